The van der Waals surface area contributed by atoms with Crippen molar-refractivity contribution in [2.45, 2.75) is 35.1 Å². The number of nitrogens with zero attached hydrogens (tertiary/aromatic N) is 1. The van der Waals surface area contributed by atoms with E-state index in [2.05, 4.69) is 66.4 Å². The number of para-hydroxylation sites is 3. The van der Waals surface area contributed by atoms with E-state index >= 15 is 0 Å². The first-order valence-electron chi connectivity index (χ1n) is 15.3. The van der Waals surface area contributed by atoms with E-state index in [4.69, 9.17) is 16.3 Å². The van der Waals surface area contributed by atoms with Crippen LogP contribution in [0.1, 0.15) is 41.3 Å². The van der Waals surface area contributed by atoms with Gasteiger partial charge >= 0.3 is 1.43 Å². The minimum absolute atomic E-state index is 0. The van der Waals surface area contributed by atoms with Crippen molar-refractivity contribution in [1.82, 2.24) is 0 Å². The Kier molecular flexibility index (Phi) is 39.8. The molecule has 0 fully saturated rings. The lowest BCUT2D eigenvalue weighted by Gasteiger charge is -2.00. The van der Waals surface area contributed by atoms with Crippen molar-refractivity contribution in [3.63, 3.8) is 0 Å². The van der Waals surface area contributed by atoms with Crippen LogP contribution in [-0.4, -0.2) is 18.8 Å². The number of non-ortho nitro benzene ring substituents is 1. The molecule has 0 atom stereocenters. The van der Waals surface area contributed by atoms with Crippen LogP contribution in [0.4, 0.5) is 17.1 Å². The summed E-state index contributed by atoms with van der Waals surface area (Å²) in [6.45, 7) is 6.00. The zero-order chi connectivity index (χ0) is 36.1. The maximum absolute atomic E-state index is 10.0. The molecule has 268 valence electrons. The minimum Gasteiger partial charge on any atom is -0.399 e. The van der Waals surface area contributed by atoms with Gasteiger partial charge < -0.3 is 22.0 Å². The smallest absolute Gasteiger partial charge is 0.399 e. The Morgan fingerprint density at radius 3 is 0.860 bits per heavy atom. The molecule has 7 nitrogen and oxygen atoms in total. The molecule has 0 saturated carbocycles. The Morgan fingerprint density at radius 2 is 0.680 bits per heavy atom. The van der Waals surface area contributed by atoms with Crippen LogP contribution in [0.3, 0.4) is 0 Å². The molecule has 0 heterocycles. The summed E-state index contributed by atoms with van der Waals surface area (Å²) in [5, 5.41) is 10.0. The average Bonchev–Trinajstić information content (AvgIpc) is 3.18. The fourth-order valence-electron chi connectivity index (χ4n) is 3.27. The number of anilines is 2. The van der Waals surface area contributed by atoms with Crippen LogP contribution in [0.5, 0.6) is 0 Å². The molecular weight excluding hydrogens is 620 g/mol. The molecular formula is C43H59N4O3+. The van der Waals surface area contributed by atoms with Crippen LogP contribution >= 0.6 is 0 Å². The van der Waals surface area contributed by atoms with Crippen molar-refractivity contribution in [1.29, 1.82) is 0 Å². The van der Waals surface area contributed by atoms with Crippen molar-refractivity contribution >= 4 is 23.9 Å². The number of hydrogen-bond donors (Lipinski definition) is 3. The van der Waals surface area contributed by atoms with E-state index in [1.807, 2.05) is 118 Å². The summed E-state index contributed by atoms with van der Waals surface area (Å²) in [4.78, 5) is 17.6. The van der Waals surface area contributed by atoms with Gasteiger partial charge in [-0.05, 0) is 48.9 Å². The number of nitrogen functional groups attached to an aromatic ring is 2. The van der Waals surface area contributed by atoms with Gasteiger partial charge in [-0.3, -0.25) is 10.1 Å². The second-order valence-electron chi connectivity index (χ2n) is 8.72. The minimum atomic E-state index is -0.417. The third kappa shape index (κ3) is 30.6. The Labute approximate surface area is 303 Å². The molecule has 0 aliphatic heterocycles. The van der Waals surface area contributed by atoms with Gasteiger partial charge in [0, 0.05) is 23.5 Å². The molecule has 0 radical (unpaired) electrons. The van der Waals surface area contributed by atoms with Gasteiger partial charge in [0.15, 0.2) is 0 Å². The first kappa shape index (κ1) is 50.8. The average molecular weight is 680 g/mol. The van der Waals surface area contributed by atoms with E-state index in [-0.39, 0.29) is 22.0 Å². The second kappa shape index (κ2) is 39.1. The van der Waals surface area contributed by atoms with E-state index in [0.717, 1.165) is 17.8 Å². The number of benzene rings is 6. The monoisotopic (exact) mass is 679 g/mol. The van der Waals surface area contributed by atoms with Crippen LogP contribution in [0.15, 0.2) is 188 Å². The zero-order valence-corrected chi connectivity index (χ0v) is 28.2. The molecule has 6 N–H and O–H groups in total. The van der Waals surface area contributed by atoms with Gasteiger partial charge in [0.05, 0.1) is 4.92 Å². The maximum atomic E-state index is 10.0. The van der Waals surface area contributed by atoms with Crippen molar-refractivity contribution in [2.24, 2.45) is 5.73 Å². The van der Waals surface area contributed by atoms with Crippen molar-refractivity contribution < 1.29 is 11.1 Å². The molecule has 0 bridgehead atoms. The number of nitro benzene ring substituents is 1. The zero-order valence-electron chi connectivity index (χ0n) is 29.2. The molecule has 0 aromatic heterocycles. The van der Waals surface area contributed by atoms with Crippen LogP contribution in [-0.2, 0) is 11.2 Å². The van der Waals surface area contributed by atoms with E-state index in [9.17, 15) is 10.1 Å². The summed E-state index contributed by atoms with van der Waals surface area (Å²) in [5.41, 5.74) is 19.7. The quantitative estimate of drug-likeness (QED) is 0.0966. The van der Waals surface area contributed by atoms with Crippen molar-refractivity contribution in [3.05, 3.63) is 209 Å². The Balaban J connectivity index is -0.000000168. The van der Waals surface area contributed by atoms with Gasteiger partial charge in [-0.25, -0.2) is 0 Å². The van der Waals surface area contributed by atoms with Crippen molar-refractivity contribution in [2.75, 3.05) is 18.5 Å². The SMILES string of the molecule is C.C.C=O.CC.CN.Nc1ccccc1.Nc1ccccc1.O=[N+]([O-])c1ccccc1.[H+].c1ccc(Cc2ccccc2)cc1.c1ccccc1. The van der Waals surface area contributed by atoms with E-state index in [1.54, 1.807) is 18.2 Å². The fourth-order valence-corrected chi connectivity index (χ4v) is 3.27. The summed E-state index contributed by atoms with van der Waals surface area (Å²) in [7, 11) is 1.50. The number of rotatable bonds is 3. The lowest BCUT2D eigenvalue weighted by molar-refractivity contribution is -0.384. The number of hydrogen-bond acceptors (Lipinski definition) is 6. The highest BCUT2D eigenvalue weighted by Crippen LogP contribution is 2.08. The number of carbonyl (C=O) groups is 1. The van der Waals surface area contributed by atoms with Gasteiger partial charge in [0.2, 0.25) is 0 Å². The number of carbonyl (C=O) groups excluding carboxylic acids is 1. The number of nitro groups is 1. The first-order valence-corrected chi connectivity index (χ1v) is 15.3. The predicted molar refractivity (Wildman–Crippen MR) is 220 cm³/mol. The molecule has 0 aliphatic rings. The van der Waals surface area contributed by atoms with Crippen LogP contribution in [0.25, 0.3) is 0 Å². The molecule has 0 amide bonds. The molecule has 6 rings (SSSR count). The molecule has 0 unspecified atom stereocenters. The maximum Gasteiger partial charge on any atom is 1.00 e. The fraction of sp³-hybridized carbons (Fsp3) is 0.140. The van der Waals surface area contributed by atoms with Gasteiger partial charge in [-0.15, -0.1) is 0 Å². The van der Waals surface area contributed by atoms with Crippen molar-refractivity contribution in [3.8, 4) is 0 Å². The molecule has 0 spiro atoms. The van der Waals surface area contributed by atoms with Gasteiger partial charge in [0.1, 0.15) is 6.79 Å². The molecule has 50 heavy (non-hydrogen) atoms. The van der Waals surface area contributed by atoms with Crippen LogP contribution < -0.4 is 17.2 Å². The van der Waals surface area contributed by atoms with E-state index in [0.29, 0.717) is 0 Å². The van der Waals surface area contributed by atoms with Gasteiger partial charge in [-0.2, -0.15) is 0 Å². The lowest BCUT2D eigenvalue weighted by Crippen LogP contribution is -1.85. The molecule has 6 aromatic carbocycles. The lowest BCUT2D eigenvalue weighted by atomic mass is 10.1. The Bertz CT molecular complexity index is 1380. The highest BCUT2D eigenvalue weighted by atomic mass is 16.6. The molecule has 7 heteroatoms. The topological polar surface area (TPSA) is 138 Å². The Morgan fingerprint density at radius 1 is 0.480 bits per heavy atom. The highest BCUT2D eigenvalue weighted by molar-refractivity contribution is 5.36. The normalized spacial score (nSPS) is 7.84. The standard InChI is InChI=1S/C13H12.C6H5NO2.2C6H7N.C6H6.C2H6.CH5N.CH2O.2CH4/c1-3-7-12(8-4-1)11-13-9-5-2-6-10-13;8-7(9)6-4-2-1-3-5-6;2*7-6-4-2-1-3-5-6;1-2-4-6-5-3-1;3*1-2;;/h1-10H,11H2;1-5H;2*1-5H,7H2;1-6H;1-2H3;2H2,1H3;1H2;2*1H4/p+1. The largest absolute Gasteiger partial charge is 1.00 e. The summed E-state index contributed by atoms with van der Waals surface area (Å²) in [5.74, 6) is 0. The second-order valence-corrected chi connectivity index (χ2v) is 8.72. The summed E-state index contributed by atoms with van der Waals surface area (Å²) in [6, 6.07) is 60.0. The summed E-state index contributed by atoms with van der Waals surface area (Å²) in [6.07, 6.45) is 1.03. The number of nitrogens with two attached hydrogens (primary N) is 3. The third-order valence-corrected chi connectivity index (χ3v) is 5.33. The predicted octanol–water partition coefficient (Wildman–Crippen LogP) is 10.9. The van der Waals surface area contributed by atoms with Crippen LogP contribution in [0, 0.1) is 10.1 Å². The third-order valence-electron chi connectivity index (χ3n) is 5.33. The molecule has 0 aliphatic carbocycles. The summed E-state index contributed by atoms with van der Waals surface area (Å²) < 4.78 is 0. The van der Waals surface area contributed by atoms with Crippen LogP contribution in [0.2, 0.25) is 0 Å². The Hall–Kier alpha value is -6.05. The first-order chi connectivity index (χ1) is 23.5. The molecule has 0 saturated heterocycles. The van der Waals surface area contributed by atoms with Gasteiger partial charge in [-0.1, -0.05) is 180 Å². The molecule has 6 aromatic rings. The summed E-state index contributed by atoms with van der Waals surface area (Å²) >= 11 is 0. The van der Waals surface area contributed by atoms with E-state index < -0.39 is 4.92 Å². The van der Waals surface area contributed by atoms with E-state index in [1.165, 1.54) is 30.3 Å². The van der Waals surface area contributed by atoms with Gasteiger partial charge in [0.25, 0.3) is 5.69 Å². The highest BCUT2D eigenvalue weighted by Gasteiger charge is 1.98.